The maximum absolute atomic E-state index is 12.3. The number of carboxylic acid groups (broad SMARTS) is 1. The number of rotatable bonds is 10. The molecular formula is C18H26N4O5. The highest BCUT2D eigenvalue weighted by atomic mass is 16.4. The van der Waals surface area contributed by atoms with Crippen LogP contribution in [0.5, 0.6) is 0 Å². The van der Waals surface area contributed by atoms with Gasteiger partial charge in [-0.05, 0) is 17.9 Å². The van der Waals surface area contributed by atoms with Gasteiger partial charge in [0.05, 0.1) is 12.6 Å². The van der Waals surface area contributed by atoms with Crippen molar-refractivity contribution < 1.29 is 24.3 Å². The van der Waals surface area contributed by atoms with Crippen LogP contribution in [0, 0.1) is 5.92 Å². The van der Waals surface area contributed by atoms with Crippen molar-refractivity contribution in [3.8, 4) is 0 Å². The summed E-state index contributed by atoms with van der Waals surface area (Å²) in [5.74, 6) is -3.08. The van der Waals surface area contributed by atoms with Crippen LogP contribution in [0.3, 0.4) is 0 Å². The molecule has 1 aromatic rings. The molecule has 0 spiro atoms. The lowest BCUT2D eigenvalue weighted by atomic mass is 10.0. The van der Waals surface area contributed by atoms with Crippen LogP contribution >= 0.6 is 0 Å². The van der Waals surface area contributed by atoms with E-state index in [9.17, 15) is 19.2 Å². The van der Waals surface area contributed by atoms with Gasteiger partial charge in [0.2, 0.25) is 17.7 Å². The molecule has 0 saturated carbocycles. The third kappa shape index (κ3) is 8.32. The minimum Gasteiger partial charge on any atom is -0.480 e. The van der Waals surface area contributed by atoms with Crippen LogP contribution in [0.4, 0.5) is 0 Å². The molecule has 1 rings (SSSR count). The second kappa shape index (κ2) is 10.9. The van der Waals surface area contributed by atoms with Crippen LogP contribution in [0.25, 0.3) is 0 Å². The van der Waals surface area contributed by atoms with Crippen LogP contribution < -0.4 is 21.7 Å². The quantitative estimate of drug-likeness (QED) is 0.353. The van der Waals surface area contributed by atoms with E-state index in [0.717, 1.165) is 5.56 Å². The number of carbonyl (C=O) groups is 4. The molecule has 9 nitrogen and oxygen atoms in total. The Morgan fingerprint density at radius 2 is 1.63 bits per heavy atom. The molecule has 2 atom stereocenters. The molecule has 0 aliphatic heterocycles. The zero-order valence-corrected chi connectivity index (χ0v) is 15.4. The fourth-order valence-corrected chi connectivity index (χ4v) is 2.27. The maximum Gasteiger partial charge on any atom is 0.322 e. The highest BCUT2D eigenvalue weighted by Gasteiger charge is 2.26. The molecule has 2 unspecified atom stereocenters. The second-order valence-corrected chi connectivity index (χ2v) is 6.41. The lowest BCUT2D eigenvalue weighted by Crippen LogP contribution is -2.55. The maximum atomic E-state index is 12.3. The van der Waals surface area contributed by atoms with Crippen molar-refractivity contribution in [3.05, 3.63) is 35.9 Å². The minimum atomic E-state index is -1.19. The molecule has 9 heteroatoms. The molecule has 0 saturated heterocycles. The summed E-state index contributed by atoms with van der Waals surface area (Å²) < 4.78 is 0. The molecule has 0 aliphatic rings. The average molecular weight is 378 g/mol. The zero-order chi connectivity index (χ0) is 20.4. The molecule has 0 aliphatic carbocycles. The Morgan fingerprint density at radius 1 is 1.00 bits per heavy atom. The molecule has 0 fully saturated rings. The monoisotopic (exact) mass is 378 g/mol. The summed E-state index contributed by atoms with van der Waals surface area (Å²) in [4.78, 5) is 46.5. The number of carbonyl (C=O) groups excluding carboxylic acids is 3. The smallest absolute Gasteiger partial charge is 0.322 e. The minimum absolute atomic E-state index is 0.236. The first-order valence-corrected chi connectivity index (χ1v) is 8.56. The third-order valence-corrected chi connectivity index (χ3v) is 3.74. The second-order valence-electron chi connectivity index (χ2n) is 6.41. The number of nitrogens with one attached hydrogen (secondary N) is 3. The molecule has 0 heterocycles. The van der Waals surface area contributed by atoms with Gasteiger partial charge in [0.1, 0.15) is 12.6 Å². The highest BCUT2D eigenvalue weighted by molar-refractivity contribution is 5.92. The Morgan fingerprint density at radius 3 is 2.19 bits per heavy atom. The number of aliphatic carboxylic acids is 1. The van der Waals surface area contributed by atoms with E-state index in [1.165, 1.54) is 0 Å². The van der Waals surface area contributed by atoms with E-state index in [1.54, 1.807) is 13.8 Å². The van der Waals surface area contributed by atoms with Crippen molar-refractivity contribution >= 4 is 23.7 Å². The Hall–Kier alpha value is -2.94. The molecule has 1 aromatic carbocycles. The lowest BCUT2D eigenvalue weighted by Gasteiger charge is -2.23. The van der Waals surface area contributed by atoms with Gasteiger partial charge in [-0.25, -0.2) is 0 Å². The SMILES string of the molecule is CC(C)C(NC(=O)C(N)Cc1ccccc1)C(=O)NCC(=O)NCC(=O)O. The fourth-order valence-electron chi connectivity index (χ4n) is 2.27. The van der Waals surface area contributed by atoms with Crippen LogP contribution in [0.2, 0.25) is 0 Å². The van der Waals surface area contributed by atoms with Gasteiger partial charge in [0.15, 0.2) is 0 Å². The van der Waals surface area contributed by atoms with E-state index in [0.29, 0.717) is 6.42 Å². The number of nitrogens with two attached hydrogens (primary N) is 1. The predicted molar refractivity (Wildman–Crippen MR) is 98.5 cm³/mol. The first kappa shape index (κ1) is 22.1. The Balaban J connectivity index is 2.56. The summed E-state index contributed by atoms with van der Waals surface area (Å²) in [6.45, 7) is 2.57. The van der Waals surface area contributed by atoms with Crippen molar-refractivity contribution in [2.75, 3.05) is 13.1 Å². The summed E-state index contributed by atoms with van der Waals surface area (Å²) in [5.41, 5.74) is 6.83. The Kier molecular flexibility index (Phi) is 8.94. The third-order valence-electron chi connectivity index (χ3n) is 3.74. The standard InChI is InChI=1S/C18H26N4O5/c1-11(2)16(18(27)21-9-14(23)20-10-15(24)25)22-17(26)13(19)8-12-6-4-3-5-7-12/h3-7,11,13,16H,8-10,19H2,1-2H3,(H,20,23)(H,21,27)(H,22,26)(H,24,25). The topological polar surface area (TPSA) is 151 Å². The van der Waals surface area contributed by atoms with Gasteiger partial charge in [-0.1, -0.05) is 44.2 Å². The fraction of sp³-hybridized carbons (Fsp3) is 0.444. The number of amides is 3. The molecule has 0 bridgehead atoms. The van der Waals surface area contributed by atoms with Crippen LogP contribution in [-0.2, 0) is 25.6 Å². The van der Waals surface area contributed by atoms with Crippen molar-refractivity contribution in [3.63, 3.8) is 0 Å². The molecule has 0 aromatic heterocycles. The van der Waals surface area contributed by atoms with E-state index >= 15 is 0 Å². The van der Waals surface area contributed by atoms with E-state index in [2.05, 4.69) is 16.0 Å². The van der Waals surface area contributed by atoms with Crippen molar-refractivity contribution in [2.45, 2.75) is 32.4 Å². The molecular weight excluding hydrogens is 352 g/mol. The number of hydrogen-bond donors (Lipinski definition) is 5. The molecule has 3 amide bonds. The largest absolute Gasteiger partial charge is 0.480 e. The van der Waals surface area contributed by atoms with Crippen LogP contribution in [-0.4, -0.2) is 54.0 Å². The van der Waals surface area contributed by atoms with Crippen LogP contribution in [0.1, 0.15) is 19.4 Å². The first-order valence-electron chi connectivity index (χ1n) is 8.56. The van der Waals surface area contributed by atoms with E-state index in [4.69, 9.17) is 10.8 Å². The average Bonchev–Trinajstić information content (AvgIpc) is 2.62. The number of benzene rings is 1. The summed E-state index contributed by atoms with van der Waals surface area (Å²) in [6.07, 6.45) is 0.330. The molecule has 6 N–H and O–H groups in total. The molecule has 27 heavy (non-hydrogen) atoms. The summed E-state index contributed by atoms with van der Waals surface area (Å²) >= 11 is 0. The summed E-state index contributed by atoms with van der Waals surface area (Å²) in [7, 11) is 0. The van der Waals surface area contributed by atoms with Gasteiger partial charge in [-0.3, -0.25) is 19.2 Å². The van der Waals surface area contributed by atoms with Gasteiger partial charge < -0.3 is 26.8 Å². The normalized spacial score (nSPS) is 12.7. The number of hydrogen-bond acceptors (Lipinski definition) is 5. The molecule has 0 radical (unpaired) electrons. The van der Waals surface area contributed by atoms with Crippen molar-refractivity contribution in [1.82, 2.24) is 16.0 Å². The molecule has 148 valence electrons. The van der Waals surface area contributed by atoms with E-state index in [1.807, 2.05) is 30.3 Å². The van der Waals surface area contributed by atoms with Crippen molar-refractivity contribution in [2.24, 2.45) is 11.7 Å². The lowest BCUT2D eigenvalue weighted by molar-refractivity contribution is -0.138. The summed E-state index contributed by atoms with van der Waals surface area (Å²) in [5, 5.41) is 15.6. The van der Waals surface area contributed by atoms with E-state index < -0.39 is 42.3 Å². The summed E-state index contributed by atoms with van der Waals surface area (Å²) in [6, 6.07) is 7.58. The van der Waals surface area contributed by atoms with Gasteiger partial charge in [-0.15, -0.1) is 0 Å². The highest BCUT2D eigenvalue weighted by Crippen LogP contribution is 2.05. The van der Waals surface area contributed by atoms with E-state index in [-0.39, 0.29) is 12.5 Å². The number of carboxylic acids is 1. The zero-order valence-electron chi connectivity index (χ0n) is 15.4. The van der Waals surface area contributed by atoms with Crippen molar-refractivity contribution in [1.29, 1.82) is 0 Å². The van der Waals surface area contributed by atoms with Gasteiger partial charge in [0, 0.05) is 0 Å². The van der Waals surface area contributed by atoms with Gasteiger partial charge in [-0.2, -0.15) is 0 Å². The predicted octanol–water partition coefficient (Wildman–Crippen LogP) is -0.986. The van der Waals surface area contributed by atoms with Gasteiger partial charge in [0.25, 0.3) is 0 Å². The first-order chi connectivity index (χ1) is 12.7. The Labute approximate surface area is 157 Å². The van der Waals surface area contributed by atoms with Crippen LogP contribution in [0.15, 0.2) is 30.3 Å². The van der Waals surface area contributed by atoms with Gasteiger partial charge >= 0.3 is 5.97 Å². The Bertz CT molecular complexity index is 663.